The number of aromatic hydroxyl groups is 1. The third-order valence-corrected chi connectivity index (χ3v) is 6.78. The molecule has 0 saturated heterocycles. The minimum absolute atomic E-state index is 0.428. The second-order valence-corrected chi connectivity index (χ2v) is 9.38. The molecule has 0 saturated carbocycles. The van der Waals surface area contributed by atoms with Crippen LogP contribution in [0.1, 0.15) is 97.9 Å². The van der Waals surface area contributed by atoms with Crippen molar-refractivity contribution in [1.82, 2.24) is 0 Å². The zero-order valence-corrected chi connectivity index (χ0v) is 21.2. The van der Waals surface area contributed by atoms with Crippen molar-refractivity contribution in [2.75, 3.05) is 0 Å². The molecule has 3 aromatic rings. The van der Waals surface area contributed by atoms with Gasteiger partial charge in [0.2, 0.25) is 0 Å². The number of aryl methyl sites for hydroxylation is 2. The van der Waals surface area contributed by atoms with E-state index in [0.717, 1.165) is 63.4 Å². The third-order valence-electron chi connectivity index (χ3n) is 6.78. The van der Waals surface area contributed by atoms with Crippen LogP contribution in [0.25, 0.3) is 0 Å². The van der Waals surface area contributed by atoms with Crippen LogP contribution in [0.2, 0.25) is 0 Å². The van der Waals surface area contributed by atoms with Crippen molar-refractivity contribution in [3.05, 3.63) is 99.1 Å². The normalized spacial score (nSPS) is 11.2. The van der Waals surface area contributed by atoms with Gasteiger partial charge in [0.05, 0.1) is 0 Å². The average Bonchev–Trinajstić information content (AvgIpc) is 2.80. The molecule has 0 aromatic heterocycles. The van der Waals surface area contributed by atoms with E-state index in [-0.39, 0.29) is 0 Å². The predicted molar refractivity (Wildman–Crippen MR) is 143 cm³/mol. The van der Waals surface area contributed by atoms with Gasteiger partial charge < -0.3 is 5.11 Å². The summed E-state index contributed by atoms with van der Waals surface area (Å²) in [6.45, 7) is 9.04. The summed E-state index contributed by atoms with van der Waals surface area (Å²) in [6, 6.07) is 19.7. The lowest BCUT2D eigenvalue weighted by Crippen LogP contribution is -2.06. The summed E-state index contributed by atoms with van der Waals surface area (Å²) < 4.78 is 0. The topological polar surface area (TPSA) is 20.2 Å². The molecule has 176 valence electrons. The van der Waals surface area contributed by atoms with Crippen LogP contribution in [0.4, 0.5) is 0 Å². The molecular formula is C32H42O. The fourth-order valence-corrected chi connectivity index (χ4v) is 5.24. The molecule has 3 rings (SSSR count). The molecule has 1 heteroatoms. The summed E-state index contributed by atoms with van der Waals surface area (Å²) in [4.78, 5) is 0. The van der Waals surface area contributed by atoms with Crippen molar-refractivity contribution in [3.8, 4) is 5.75 Å². The fraction of sp³-hybridized carbons (Fsp3) is 0.438. The lowest BCUT2D eigenvalue weighted by atomic mass is 9.86. The lowest BCUT2D eigenvalue weighted by molar-refractivity contribution is 0.468. The number of benzene rings is 3. The summed E-state index contributed by atoms with van der Waals surface area (Å²) in [5, 5.41) is 10.9. The van der Waals surface area contributed by atoms with Crippen LogP contribution in [0.15, 0.2) is 54.6 Å². The molecule has 0 amide bonds. The molecule has 0 radical (unpaired) electrons. The molecular weight excluding hydrogens is 400 g/mol. The molecule has 0 aliphatic carbocycles. The number of rotatable bonds is 12. The Morgan fingerprint density at radius 3 is 1.33 bits per heavy atom. The highest BCUT2D eigenvalue weighted by Crippen LogP contribution is 2.31. The molecule has 0 atom stereocenters. The summed E-state index contributed by atoms with van der Waals surface area (Å²) >= 11 is 0. The second kappa shape index (κ2) is 12.6. The van der Waals surface area contributed by atoms with Gasteiger partial charge in [-0.15, -0.1) is 0 Å². The minimum atomic E-state index is 0.428. The monoisotopic (exact) mass is 442 g/mol. The average molecular weight is 443 g/mol. The van der Waals surface area contributed by atoms with Gasteiger partial charge in [0.1, 0.15) is 5.75 Å². The molecule has 0 fully saturated rings. The maximum absolute atomic E-state index is 10.9. The standard InChI is InChI=1S/C32H42O/c1-5-12-24-16-9-18-26(29(24)14-7-3)22-27-20-11-21-32(33)31(27)23-28-19-10-17-25(13-6-2)30(28)15-8-4/h9-11,16-21,33H,5-8,12-15,22-23H2,1-4H3. The van der Waals surface area contributed by atoms with E-state index in [1.165, 1.54) is 45.4 Å². The van der Waals surface area contributed by atoms with Crippen LogP contribution in [-0.4, -0.2) is 5.11 Å². The number of hydrogen-bond donors (Lipinski definition) is 1. The Balaban J connectivity index is 2.01. The first kappa shape index (κ1) is 25.1. The quantitative estimate of drug-likeness (QED) is 0.298. The number of phenolic OH excluding ortho intramolecular Hbond substituents is 1. The second-order valence-electron chi connectivity index (χ2n) is 9.38. The first-order valence-electron chi connectivity index (χ1n) is 13.1. The predicted octanol–water partition coefficient (Wildman–Crippen LogP) is 8.38. The van der Waals surface area contributed by atoms with E-state index in [1.54, 1.807) is 0 Å². The van der Waals surface area contributed by atoms with Crippen LogP contribution >= 0.6 is 0 Å². The molecule has 0 aliphatic rings. The van der Waals surface area contributed by atoms with Gasteiger partial charge in [0.25, 0.3) is 0 Å². The van der Waals surface area contributed by atoms with Crippen molar-refractivity contribution in [2.45, 2.75) is 91.9 Å². The van der Waals surface area contributed by atoms with Gasteiger partial charge in [-0.2, -0.15) is 0 Å². The van der Waals surface area contributed by atoms with E-state index < -0.39 is 0 Å². The zero-order valence-electron chi connectivity index (χ0n) is 21.2. The molecule has 0 aliphatic heterocycles. The molecule has 0 unspecified atom stereocenters. The van der Waals surface area contributed by atoms with E-state index >= 15 is 0 Å². The summed E-state index contributed by atoms with van der Waals surface area (Å²) in [5.41, 5.74) is 11.1. The molecule has 0 spiro atoms. The van der Waals surface area contributed by atoms with Crippen molar-refractivity contribution in [1.29, 1.82) is 0 Å². The van der Waals surface area contributed by atoms with Crippen LogP contribution in [0.3, 0.4) is 0 Å². The molecule has 0 bridgehead atoms. The maximum atomic E-state index is 10.9. The maximum Gasteiger partial charge on any atom is 0.119 e. The highest BCUT2D eigenvalue weighted by atomic mass is 16.3. The Morgan fingerprint density at radius 2 is 0.848 bits per heavy atom. The summed E-state index contributed by atoms with van der Waals surface area (Å²) in [5.74, 6) is 0.428. The van der Waals surface area contributed by atoms with E-state index in [0.29, 0.717) is 5.75 Å². The van der Waals surface area contributed by atoms with Crippen molar-refractivity contribution < 1.29 is 5.11 Å². The highest BCUT2D eigenvalue weighted by Gasteiger charge is 2.15. The van der Waals surface area contributed by atoms with Crippen molar-refractivity contribution >= 4 is 0 Å². The minimum Gasteiger partial charge on any atom is -0.508 e. The lowest BCUT2D eigenvalue weighted by Gasteiger charge is -2.19. The van der Waals surface area contributed by atoms with Crippen LogP contribution < -0.4 is 0 Å². The van der Waals surface area contributed by atoms with Gasteiger partial charge in [0, 0.05) is 12.0 Å². The molecule has 0 heterocycles. The number of phenols is 1. The van der Waals surface area contributed by atoms with Crippen LogP contribution in [0.5, 0.6) is 5.75 Å². The smallest absolute Gasteiger partial charge is 0.119 e. The molecule has 1 nitrogen and oxygen atoms in total. The van der Waals surface area contributed by atoms with Crippen molar-refractivity contribution in [3.63, 3.8) is 0 Å². The van der Waals surface area contributed by atoms with E-state index in [2.05, 4.69) is 70.2 Å². The Kier molecular flexibility index (Phi) is 9.61. The first-order chi connectivity index (χ1) is 16.1. The van der Waals surface area contributed by atoms with Crippen LogP contribution in [0, 0.1) is 0 Å². The zero-order chi connectivity index (χ0) is 23.6. The van der Waals surface area contributed by atoms with E-state index in [1.807, 2.05) is 12.1 Å². The fourth-order valence-electron chi connectivity index (χ4n) is 5.24. The molecule has 1 N–H and O–H groups in total. The summed E-state index contributed by atoms with van der Waals surface area (Å²) in [6.07, 6.45) is 10.8. The van der Waals surface area contributed by atoms with Gasteiger partial charge in [-0.1, -0.05) is 102 Å². The number of hydrogen-bond acceptors (Lipinski definition) is 1. The van der Waals surface area contributed by atoms with Gasteiger partial charge in [0.15, 0.2) is 0 Å². The molecule has 3 aromatic carbocycles. The van der Waals surface area contributed by atoms with Gasteiger partial charge >= 0.3 is 0 Å². The third kappa shape index (κ3) is 6.28. The Hall–Kier alpha value is -2.54. The van der Waals surface area contributed by atoms with Gasteiger partial charge in [-0.25, -0.2) is 0 Å². The van der Waals surface area contributed by atoms with Crippen molar-refractivity contribution in [2.24, 2.45) is 0 Å². The largest absolute Gasteiger partial charge is 0.508 e. The summed E-state index contributed by atoms with van der Waals surface area (Å²) in [7, 11) is 0. The van der Waals surface area contributed by atoms with E-state index in [4.69, 9.17) is 0 Å². The van der Waals surface area contributed by atoms with Gasteiger partial charge in [-0.3, -0.25) is 0 Å². The Labute approximate surface area is 201 Å². The van der Waals surface area contributed by atoms with Gasteiger partial charge in [-0.05, 0) is 77.1 Å². The van der Waals surface area contributed by atoms with Crippen LogP contribution in [-0.2, 0) is 38.5 Å². The Bertz CT molecular complexity index is 1030. The van der Waals surface area contributed by atoms with E-state index in [9.17, 15) is 5.11 Å². The first-order valence-corrected chi connectivity index (χ1v) is 13.1. The SMILES string of the molecule is CCCc1cccc(Cc2cccc(O)c2Cc2cccc(CCC)c2CCC)c1CCC. The molecule has 33 heavy (non-hydrogen) atoms. The Morgan fingerprint density at radius 1 is 0.455 bits per heavy atom. The highest BCUT2D eigenvalue weighted by molar-refractivity contribution is 5.49.